The molecule has 0 aliphatic rings. The number of hydrogen-bond donors (Lipinski definition) is 0. The Hall–Kier alpha value is -3.34. The lowest BCUT2D eigenvalue weighted by molar-refractivity contribution is -0.134. The van der Waals surface area contributed by atoms with Crippen molar-refractivity contribution in [3.63, 3.8) is 0 Å². The zero-order valence-corrected chi connectivity index (χ0v) is 16.7. The second-order valence-corrected chi connectivity index (χ2v) is 6.67. The third-order valence-electron chi connectivity index (χ3n) is 4.46. The number of ether oxygens (including phenoxy) is 1. The smallest absolute Gasteiger partial charge is 0.359 e. The molecule has 3 rings (SSSR count). The maximum atomic E-state index is 12.6. The summed E-state index contributed by atoms with van der Waals surface area (Å²) in [4.78, 5) is 14.7. The van der Waals surface area contributed by atoms with E-state index in [1.54, 1.807) is 11.9 Å². The second-order valence-electron chi connectivity index (χ2n) is 6.67. The fourth-order valence-electron chi connectivity index (χ4n) is 2.93. The lowest BCUT2D eigenvalue weighted by Gasteiger charge is -2.16. The fourth-order valence-corrected chi connectivity index (χ4v) is 2.93. The normalized spacial score (nSPS) is 11.4. The molecule has 3 aromatic rings. The summed E-state index contributed by atoms with van der Waals surface area (Å²) in [5, 5.41) is 8.39. The summed E-state index contributed by atoms with van der Waals surface area (Å²) in [5.41, 5.74) is 3.03. The Balaban J connectivity index is 2.03. The van der Waals surface area contributed by atoms with Gasteiger partial charge in [0.25, 0.3) is 0 Å². The summed E-state index contributed by atoms with van der Waals surface area (Å²) >= 11 is 0. The van der Waals surface area contributed by atoms with Crippen LogP contribution in [0.15, 0.2) is 71.8 Å². The molecule has 3 aromatic carbocycles. The predicted octanol–water partition coefficient (Wildman–Crippen LogP) is 4.31. The Labute approximate surface area is 165 Å². The minimum absolute atomic E-state index is 0.284. The Morgan fingerprint density at radius 1 is 0.893 bits per heavy atom. The molecule has 0 saturated heterocycles. The molecule has 0 radical (unpaired) electrons. The van der Waals surface area contributed by atoms with Crippen LogP contribution in [0.25, 0.3) is 10.8 Å². The molecule has 0 unspecified atom stereocenters. The van der Waals surface area contributed by atoms with Gasteiger partial charge in [-0.2, -0.15) is 5.10 Å². The summed E-state index contributed by atoms with van der Waals surface area (Å²) in [6.45, 7) is 2.09. The number of benzene rings is 3. The van der Waals surface area contributed by atoms with Crippen LogP contribution >= 0.6 is 0 Å². The summed E-state index contributed by atoms with van der Waals surface area (Å²) < 4.78 is 5.25. The first-order valence-corrected chi connectivity index (χ1v) is 9.25. The number of hydrogen-bond acceptors (Lipinski definition) is 5. The fraction of sp³-hybridized carbons (Fsp3) is 0.217. The highest BCUT2D eigenvalue weighted by Crippen LogP contribution is 2.23. The van der Waals surface area contributed by atoms with E-state index in [0.717, 1.165) is 27.7 Å². The molecule has 5 heteroatoms. The van der Waals surface area contributed by atoms with Crippen molar-refractivity contribution in [1.82, 2.24) is 0 Å². The van der Waals surface area contributed by atoms with Crippen LogP contribution in [0.3, 0.4) is 0 Å². The first kappa shape index (κ1) is 19.4. The van der Waals surface area contributed by atoms with Gasteiger partial charge in [-0.05, 0) is 48.0 Å². The lowest BCUT2D eigenvalue weighted by atomic mass is 10.0. The standard InChI is InChI=1S/C23H25N3O2/c1-5-28-23(27)22(24-26(4)20-9-7-6-8-10-20)19-12-11-18-16-21(25(2)3)14-13-17(18)15-19/h6-16H,5H2,1-4H3/b24-22-. The summed E-state index contributed by atoms with van der Waals surface area (Å²) in [7, 11) is 5.85. The summed E-state index contributed by atoms with van der Waals surface area (Å²) in [6, 6.07) is 21.8. The molecule has 28 heavy (non-hydrogen) atoms. The number of fused-ring (bicyclic) bond motifs is 1. The zero-order valence-electron chi connectivity index (χ0n) is 16.7. The highest BCUT2D eigenvalue weighted by molar-refractivity contribution is 6.43. The molecule has 0 heterocycles. The van der Waals surface area contributed by atoms with Gasteiger partial charge in [-0.15, -0.1) is 0 Å². The first-order chi connectivity index (χ1) is 13.5. The number of carbonyl (C=O) groups is 1. The molecule has 0 aliphatic heterocycles. The number of anilines is 2. The number of esters is 1. The van der Waals surface area contributed by atoms with Crippen molar-refractivity contribution in [3.8, 4) is 0 Å². The van der Waals surface area contributed by atoms with E-state index in [1.807, 2.05) is 69.7 Å². The van der Waals surface area contributed by atoms with Gasteiger partial charge in [-0.1, -0.05) is 36.4 Å². The molecule has 0 aromatic heterocycles. The van der Waals surface area contributed by atoms with E-state index in [1.165, 1.54) is 0 Å². The quantitative estimate of drug-likeness (QED) is 0.366. The van der Waals surface area contributed by atoms with E-state index in [-0.39, 0.29) is 5.71 Å². The van der Waals surface area contributed by atoms with Gasteiger partial charge in [0.05, 0.1) is 12.3 Å². The third kappa shape index (κ3) is 4.31. The highest BCUT2D eigenvalue weighted by atomic mass is 16.5. The van der Waals surface area contributed by atoms with E-state index in [9.17, 15) is 4.79 Å². The van der Waals surface area contributed by atoms with Crippen LogP contribution in [0.2, 0.25) is 0 Å². The Kier molecular flexibility index (Phi) is 5.94. The monoisotopic (exact) mass is 375 g/mol. The van der Waals surface area contributed by atoms with E-state index in [4.69, 9.17) is 4.74 Å². The van der Waals surface area contributed by atoms with Crippen LogP contribution < -0.4 is 9.91 Å². The van der Waals surface area contributed by atoms with E-state index in [0.29, 0.717) is 6.61 Å². The number of nitrogens with zero attached hydrogens (tertiary/aromatic N) is 3. The first-order valence-electron chi connectivity index (χ1n) is 9.25. The van der Waals surface area contributed by atoms with Crippen LogP contribution in [0.5, 0.6) is 0 Å². The second kappa shape index (κ2) is 8.57. The molecule has 0 N–H and O–H groups in total. The highest BCUT2D eigenvalue weighted by Gasteiger charge is 2.18. The zero-order chi connectivity index (χ0) is 20.1. The van der Waals surface area contributed by atoms with Gasteiger partial charge in [-0.3, -0.25) is 5.01 Å². The molecular formula is C23H25N3O2. The van der Waals surface area contributed by atoms with Gasteiger partial charge in [0.15, 0.2) is 5.71 Å². The van der Waals surface area contributed by atoms with E-state index in [2.05, 4.69) is 28.2 Å². The molecule has 5 nitrogen and oxygen atoms in total. The molecule has 0 saturated carbocycles. The van der Waals surface area contributed by atoms with Crippen molar-refractivity contribution < 1.29 is 9.53 Å². The molecule has 144 valence electrons. The molecular weight excluding hydrogens is 350 g/mol. The minimum Gasteiger partial charge on any atom is -0.461 e. The van der Waals surface area contributed by atoms with Crippen molar-refractivity contribution >= 4 is 33.8 Å². The largest absolute Gasteiger partial charge is 0.461 e. The van der Waals surface area contributed by atoms with E-state index >= 15 is 0 Å². The van der Waals surface area contributed by atoms with Gasteiger partial charge in [0.2, 0.25) is 0 Å². The van der Waals surface area contributed by atoms with Gasteiger partial charge in [0, 0.05) is 32.4 Å². The Morgan fingerprint density at radius 2 is 1.57 bits per heavy atom. The van der Waals surface area contributed by atoms with Gasteiger partial charge in [0.1, 0.15) is 0 Å². The topological polar surface area (TPSA) is 45.1 Å². The summed E-state index contributed by atoms with van der Waals surface area (Å²) in [6.07, 6.45) is 0. The van der Waals surface area contributed by atoms with Crippen LogP contribution in [-0.4, -0.2) is 39.4 Å². The van der Waals surface area contributed by atoms with Crippen molar-refractivity contribution in [2.75, 3.05) is 37.7 Å². The maximum Gasteiger partial charge on any atom is 0.359 e. The number of carbonyl (C=O) groups excluding carboxylic acids is 1. The van der Waals surface area contributed by atoms with Gasteiger partial charge < -0.3 is 9.64 Å². The summed E-state index contributed by atoms with van der Waals surface area (Å²) in [5.74, 6) is -0.436. The molecule has 0 aliphatic carbocycles. The number of para-hydroxylation sites is 1. The van der Waals surface area contributed by atoms with Crippen LogP contribution in [0, 0.1) is 0 Å². The number of hydrazone groups is 1. The van der Waals surface area contributed by atoms with Crippen molar-refractivity contribution in [3.05, 3.63) is 72.3 Å². The van der Waals surface area contributed by atoms with Crippen molar-refractivity contribution in [1.29, 1.82) is 0 Å². The van der Waals surface area contributed by atoms with Crippen molar-refractivity contribution in [2.45, 2.75) is 6.92 Å². The molecule has 0 spiro atoms. The Bertz CT molecular complexity index is 997. The van der Waals surface area contributed by atoms with Crippen LogP contribution in [0.4, 0.5) is 11.4 Å². The average Bonchev–Trinajstić information content (AvgIpc) is 2.71. The maximum absolute atomic E-state index is 12.6. The van der Waals surface area contributed by atoms with E-state index < -0.39 is 5.97 Å². The lowest BCUT2D eigenvalue weighted by Crippen LogP contribution is -2.23. The van der Waals surface area contributed by atoms with Crippen molar-refractivity contribution in [2.24, 2.45) is 5.10 Å². The molecule has 0 amide bonds. The van der Waals surface area contributed by atoms with Crippen LogP contribution in [-0.2, 0) is 9.53 Å². The van der Waals surface area contributed by atoms with Gasteiger partial charge >= 0.3 is 5.97 Å². The average molecular weight is 375 g/mol. The molecule has 0 fully saturated rings. The molecule has 0 bridgehead atoms. The third-order valence-corrected chi connectivity index (χ3v) is 4.46. The molecule has 0 atom stereocenters. The van der Waals surface area contributed by atoms with Crippen LogP contribution in [0.1, 0.15) is 12.5 Å². The minimum atomic E-state index is -0.436. The van der Waals surface area contributed by atoms with Gasteiger partial charge in [-0.25, -0.2) is 4.79 Å². The number of rotatable bonds is 6. The SMILES string of the molecule is CCOC(=O)/C(=N\N(C)c1ccccc1)c1ccc2cc(N(C)C)ccc2c1. The predicted molar refractivity (Wildman–Crippen MR) is 116 cm³/mol. The Morgan fingerprint density at radius 3 is 2.25 bits per heavy atom.